The first kappa shape index (κ1) is 14.2. The molecule has 1 aromatic heterocycles. The van der Waals surface area contributed by atoms with E-state index in [1.54, 1.807) is 6.92 Å². The number of halogens is 2. The van der Waals surface area contributed by atoms with Crippen molar-refractivity contribution in [2.75, 3.05) is 12.5 Å². The number of aliphatic hydroxyl groups is 1. The first-order valence-electron chi connectivity index (χ1n) is 5.75. The van der Waals surface area contributed by atoms with E-state index in [1.807, 2.05) is 4.98 Å². The van der Waals surface area contributed by atoms with Gasteiger partial charge in [-0.2, -0.15) is 0 Å². The average molecular weight is 293 g/mol. The number of nitrogens with zero attached hydrogens (tertiary/aromatic N) is 1. The van der Waals surface area contributed by atoms with E-state index < -0.39 is 41.8 Å². The third-order valence-electron chi connectivity index (χ3n) is 3.55. The number of rotatable bonds is 3. The van der Waals surface area contributed by atoms with Gasteiger partial charge >= 0.3 is 5.69 Å². The smallest absolute Gasteiger partial charge is 0.330 e. The van der Waals surface area contributed by atoms with Crippen molar-refractivity contribution in [2.45, 2.75) is 24.9 Å². The Bertz CT molecular complexity index is 568. The summed E-state index contributed by atoms with van der Waals surface area (Å²) in [6.07, 6.45) is -1.58. The van der Waals surface area contributed by atoms with Crippen molar-refractivity contribution in [1.29, 1.82) is 0 Å². The predicted octanol–water partition coefficient (Wildman–Crippen LogP) is 0.00950. The second-order valence-corrected chi connectivity index (χ2v) is 4.88. The predicted molar refractivity (Wildman–Crippen MR) is 66.0 cm³/mol. The number of ether oxygens (including phenoxy) is 1. The van der Waals surface area contributed by atoms with Crippen molar-refractivity contribution in [1.82, 2.24) is 9.55 Å². The van der Waals surface area contributed by atoms with Gasteiger partial charge in [0.2, 0.25) is 0 Å². The maximum absolute atomic E-state index is 14.3. The van der Waals surface area contributed by atoms with Gasteiger partial charge in [0.25, 0.3) is 5.56 Å². The molecule has 1 aromatic rings. The van der Waals surface area contributed by atoms with Gasteiger partial charge in [-0.25, -0.2) is 9.18 Å². The van der Waals surface area contributed by atoms with Gasteiger partial charge in [0.1, 0.15) is 5.60 Å². The van der Waals surface area contributed by atoms with Crippen LogP contribution in [-0.2, 0) is 4.74 Å². The van der Waals surface area contributed by atoms with Crippen molar-refractivity contribution in [3.05, 3.63) is 33.1 Å². The number of aromatic nitrogens is 2. The van der Waals surface area contributed by atoms with Gasteiger partial charge in [0.05, 0.1) is 12.5 Å². The zero-order valence-corrected chi connectivity index (χ0v) is 10.9. The minimum atomic E-state index is -1.52. The summed E-state index contributed by atoms with van der Waals surface area (Å²) in [6, 6.07) is 1.10. The highest BCUT2D eigenvalue weighted by molar-refractivity contribution is 6.18. The summed E-state index contributed by atoms with van der Waals surface area (Å²) in [5, 5.41) is 9.36. The third-order valence-corrected chi connectivity index (χ3v) is 4.01. The lowest BCUT2D eigenvalue weighted by atomic mass is 9.90. The molecule has 0 unspecified atom stereocenters. The Labute approximate surface area is 112 Å². The lowest BCUT2D eigenvalue weighted by Crippen LogP contribution is -2.41. The Morgan fingerprint density at radius 3 is 2.79 bits per heavy atom. The van der Waals surface area contributed by atoms with Crippen LogP contribution in [0.2, 0.25) is 0 Å². The summed E-state index contributed by atoms with van der Waals surface area (Å²) in [4.78, 5) is 24.6. The van der Waals surface area contributed by atoms with Gasteiger partial charge in [-0.1, -0.05) is 6.92 Å². The van der Waals surface area contributed by atoms with Gasteiger partial charge in [0.15, 0.2) is 12.4 Å². The molecule has 2 heterocycles. The monoisotopic (exact) mass is 292 g/mol. The fourth-order valence-electron chi connectivity index (χ4n) is 2.16. The van der Waals surface area contributed by atoms with Crippen molar-refractivity contribution in [3.8, 4) is 0 Å². The van der Waals surface area contributed by atoms with Crippen LogP contribution < -0.4 is 11.2 Å². The normalized spacial score (nSPS) is 34.6. The molecule has 0 spiro atoms. The molecule has 0 aliphatic carbocycles. The molecule has 0 saturated carbocycles. The average Bonchev–Trinajstić information content (AvgIpc) is 2.64. The number of hydrogen-bond acceptors (Lipinski definition) is 4. The van der Waals surface area contributed by atoms with Crippen molar-refractivity contribution in [3.63, 3.8) is 0 Å². The molecule has 1 saturated heterocycles. The number of alkyl halides is 2. The summed E-state index contributed by atoms with van der Waals surface area (Å²) in [7, 11) is 0. The molecular weight excluding hydrogens is 279 g/mol. The van der Waals surface area contributed by atoms with Crippen LogP contribution in [0.4, 0.5) is 4.39 Å². The van der Waals surface area contributed by atoms with Crippen LogP contribution in [0.1, 0.15) is 13.2 Å². The van der Waals surface area contributed by atoms with Crippen LogP contribution in [0.25, 0.3) is 0 Å². The van der Waals surface area contributed by atoms with Gasteiger partial charge < -0.3 is 9.84 Å². The minimum absolute atomic E-state index is 0.0975. The Morgan fingerprint density at radius 1 is 1.63 bits per heavy atom. The number of H-pyrrole nitrogens is 1. The quantitative estimate of drug-likeness (QED) is 0.769. The number of aliphatic hydroxyl groups excluding tert-OH is 1. The Balaban J connectivity index is 2.42. The van der Waals surface area contributed by atoms with Crippen molar-refractivity contribution < 1.29 is 14.2 Å². The van der Waals surface area contributed by atoms with E-state index in [-0.39, 0.29) is 5.88 Å². The summed E-state index contributed by atoms with van der Waals surface area (Å²) in [6.45, 7) is 1.10. The van der Waals surface area contributed by atoms with Gasteiger partial charge in [-0.05, 0) is 0 Å². The molecular formula is C11H14ClFN2O4. The van der Waals surface area contributed by atoms with E-state index in [4.69, 9.17) is 16.3 Å². The highest BCUT2D eigenvalue weighted by Gasteiger charge is 2.53. The number of hydrogen-bond donors (Lipinski definition) is 2. The second-order valence-electron chi connectivity index (χ2n) is 4.62. The van der Waals surface area contributed by atoms with E-state index >= 15 is 0 Å². The molecule has 2 N–H and O–H groups in total. The van der Waals surface area contributed by atoms with Gasteiger partial charge in [-0.15, -0.1) is 11.6 Å². The summed E-state index contributed by atoms with van der Waals surface area (Å²) < 4.78 is 20.7. The first-order valence-corrected chi connectivity index (χ1v) is 6.29. The summed E-state index contributed by atoms with van der Waals surface area (Å²) >= 11 is 5.75. The molecule has 6 nitrogen and oxygen atoms in total. The standard InChI is InChI=1S/C11H14ClFN2O4/c1-6-8(13)9(19-11(6,4-12)5-16)15-3-2-7(17)14-10(15)18/h2-3,6,8-9,16H,4-5H2,1H3,(H,14,17,18)/t6-,8+,9+,11+/m0/s1. The summed E-state index contributed by atoms with van der Waals surface area (Å²) in [5.41, 5.74) is -2.58. The minimum Gasteiger partial charge on any atom is -0.393 e. The van der Waals surface area contributed by atoms with E-state index in [2.05, 4.69) is 0 Å². The maximum atomic E-state index is 14.3. The highest BCUT2D eigenvalue weighted by atomic mass is 35.5. The summed E-state index contributed by atoms with van der Waals surface area (Å²) in [5.74, 6) is -0.779. The largest absolute Gasteiger partial charge is 0.393 e. The van der Waals surface area contributed by atoms with Gasteiger partial charge in [-0.3, -0.25) is 14.3 Å². The lowest BCUT2D eigenvalue weighted by Gasteiger charge is -2.28. The zero-order chi connectivity index (χ0) is 14.2. The number of aromatic amines is 1. The molecule has 19 heavy (non-hydrogen) atoms. The van der Waals surface area contributed by atoms with E-state index in [0.717, 1.165) is 16.8 Å². The van der Waals surface area contributed by atoms with E-state index in [9.17, 15) is 19.1 Å². The topological polar surface area (TPSA) is 84.3 Å². The van der Waals surface area contributed by atoms with E-state index in [0.29, 0.717) is 0 Å². The molecule has 106 valence electrons. The molecule has 8 heteroatoms. The van der Waals surface area contributed by atoms with Crippen LogP contribution in [0.5, 0.6) is 0 Å². The van der Waals surface area contributed by atoms with Crippen LogP contribution >= 0.6 is 11.6 Å². The second kappa shape index (κ2) is 5.07. The van der Waals surface area contributed by atoms with Crippen LogP contribution in [0, 0.1) is 5.92 Å². The van der Waals surface area contributed by atoms with Crippen molar-refractivity contribution >= 4 is 11.6 Å². The maximum Gasteiger partial charge on any atom is 0.330 e. The molecule has 0 aromatic carbocycles. The zero-order valence-electron chi connectivity index (χ0n) is 10.2. The molecule has 1 aliphatic heterocycles. The molecule has 0 bridgehead atoms. The highest BCUT2D eigenvalue weighted by Crippen LogP contribution is 2.43. The Kier molecular flexibility index (Phi) is 3.80. The third kappa shape index (κ3) is 2.22. The fourth-order valence-corrected chi connectivity index (χ4v) is 2.56. The molecule has 1 fully saturated rings. The fraction of sp³-hybridized carbons (Fsp3) is 0.636. The lowest BCUT2D eigenvalue weighted by molar-refractivity contribution is -0.101. The van der Waals surface area contributed by atoms with Crippen LogP contribution in [0.3, 0.4) is 0 Å². The van der Waals surface area contributed by atoms with Crippen LogP contribution in [-0.4, -0.2) is 38.9 Å². The number of nitrogens with one attached hydrogen (secondary N) is 1. The molecule has 1 aliphatic rings. The van der Waals surface area contributed by atoms with Gasteiger partial charge in [0, 0.05) is 18.2 Å². The Morgan fingerprint density at radius 2 is 2.32 bits per heavy atom. The van der Waals surface area contributed by atoms with Crippen LogP contribution in [0.15, 0.2) is 21.9 Å². The SMILES string of the molecule is C[C@H]1[C@@H](F)[C@H](n2ccc(=O)[nH]c2=O)O[C@@]1(CO)CCl. The van der Waals surface area contributed by atoms with E-state index in [1.165, 1.54) is 0 Å². The first-order chi connectivity index (χ1) is 8.95. The molecule has 4 atom stereocenters. The Hall–Kier alpha value is -1.18. The van der Waals surface area contributed by atoms with Crippen molar-refractivity contribution in [2.24, 2.45) is 5.92 Å². The molecule has 0 amide bonds. The molecule has 0 radical (unpaired) electrons. The molecule has 2 rings (SSSR count).